The molecule has 0 bridgehead atoms. The van der Waals surface area contributed by atoms with Crippen LogP contribution in [0.3, 0.4) is 0 Å². The summed E-state index contributed by atoms with van der Waals surface area (Å²) >= 11 is 0. The van der Waals surface area contributed by atoms with E-state index in [0.29, 0.717) is 37.4 Å². The van der Waals surface area contributed by atoms with Crippen molar-refractivity contribution in [1.29, 1.82) is 5.26 Å². The Kier molecular flexibility index (Phi) is 5.08. The molecular weight excluding hydrogens is 342 g/mol. The molecule has 0 spiro atoms. The molecular formula is C17H21N3O4S. The van der Waals surface area contributed by atoms with E-state index in [1.807, 2.05) is 6.07 Å². The first-order valence-corrected chi connectivity index (χ1v) is 10.0. The molecule has 1 aromatic carbocycles. The van der Waals surface area contributed by atoms with Crippen LogP contribution < -0.4 is 0 Å². The van der Waals surface area contributed by atoms with Crippen LogP contribution >= 0.6 is 0 Å². The van der Waals surface area contributed by atoms with Crippen molar-refractivity contribution < 1.29 is 17.9 Å². The Morgan fingerprint density at radius 1 is 1.28 bits per heavy atom. The fourth-order valence-electron chi connectivity index (χ4n) is 3.68. The summed E-state index contributed by atoms with van der Waals surface area (Å²) in [5, 5.41) is 9.24. The molecule has 2 fully saturated rings. The third-order valence-electron chi connectivity index (χ3n) is 4.91. The number of ether oxygens (including phenoxy) is 1. The summed E-state index contributed by atoms with van der Waals surface area (Å²) in [6.45, 7) is 2.21. The Morgan fingerprint density at radius 2 is 2.00 bits per heavy atom. The SMILES string of the molecule is COCCN1CCN(C(=O)c2ccccc2C#N)[C@@H]2CS(=O)(=O)C[C@@H]21. The van der Waals surface area contributed by atoms with Crippen LogP contribution in [-0.4, -0.2) is 81.1 Å². The number of carbonyl (C=O) groups excluding carboxylic acids is 1. The number of sulfone groups is 1. The molecule has 25 heavy (non-hydrogen) atoms. The first-order valence-electron chi connectivity index (χ1n) is 8.20. The first kappa shape index (κ1) is 17.9. The van der Waals surface area contributed by atoms with Gasteiger partial charge in [-0.2, -0.15) is 5.26 Å². The van der Waals surface area contributed by atoms with Crippen molar-refractivity contribution in [2.45, 2.75) is 12.1 Å². The molecule has 2 heterocycles. The fraction of sp³-hybridized carbons (Fsp3) is 0.529. The smallest absolute Gasteiger partial charge is 0.255 e. The van der Waals surface area contributed by atoms with Crippen LogP contribution in [0.25, 0.3) is 0 Å². The summed E-state index contributed by atoms with van der Waals surface area (Å²) in [6.07, 6.45) is 0. The molecule has 0 saturated carbocycles. The van der Waals surface area contributed by atoms with E-state index >= 15 is 0 Å². The van der Waals surface area contributed by atoms with Gasteiger partial charge in [-0.3, -0.25) is 9.69 Å². The molecule has 0 unspecified atom stereocenters. The van der Waals surface area contributed by atoms with E-state index < -0.39 is 9.84 Å². The summed E-state index contributed by atoms with van der Waals surface area (Å²) in [5.41, 5.74) is 0.644. The van der Waals surface area contributed by atoms with E-state index in [-0.39, 0.29) is 29.5 Å². The van der Waals surface area contributed by atoms with Gasteiger partial charge in [-0.1, -0.05) is 12.1 Å². The van der Waals surface area contributed by atoms with Crippen molar-refractivity contribution in [1.82, 2.24) is 9.80 Å². The maximum Gasteiger partial charge on any atom is 0.255 e. The molecule has 2 aliphatic heterocycles. The second kappa shape index (κ2) is 7.12. The van der Waals surface area contributed by atoms with Crippen LogP contribution in [0.5, 0.6) is 0 Å². The van der Waals surface area contributed by atoms with Gasteiger partial charge in [-0.25, -0.2) is 8.42 Å². The molecule has 2 aliphatic rings. The van der Waals surface area contributed by atoms with Gasteiger partial charge in [0.1, 0.15) is 0 Å². The van der Waals surface area contributed by atoms with E-state index in [1.165, 1.54) is 0 Å². The van der Waals surface area contributed by atoms with Gasteiger partial charge in [0.15, 0.2) is 9.84 Å². The maximum absolute atomic E-state index is 13.0. The average molecular weight is 363 g/mol. The molecule has 2 atom stereocenters. The number of piperazine rings is 1. The van der Waals surface area contributed by atoms with Gasteiger partial charge in [0, 0.05) is 32.8 Å². The van der Waals surface area contributed by atoms with Gasteiger partial charge >= 0.3 is 0 Å². The maximum atomic E-state index is 13.0. The van der Waals surface area contributed by atoms with Crippen molar-refractivity contribution in [2.24, 2.45) is 0 Å². The third-order valence-corrected chi connectivity index (χ3v) is 6.61. The quantitative estimate of drug-likeness (QED) is 0.755. The predicted molar refractivity (Wildman–Crippen MR) is 91.9 cm³/mol. The van der Waals surface area contributed by atoms with E-state index in [4.69, 9.17) is 4.74 Å². The average Bonchev–Trinajstić information content (AvgIpc) is 2.94. The Labute approximate surface area is 147 Å². The number of benzene rings is 1. The van der Waals surface area contributed by atoms with Crippen LogP contribution in [0.1, 0.15) is 15.9 Å². The number of nitrogens with zero attached hydrogens (tertiary/aromatic N) is 3. The predicted octanol–water partition coefficient (Wildman–Crippen LogP) is 0.128. The standard InChI is InChI=1S/C17H21N3O4S/c1-24-9-8-19-6-7-20(16-12-25(22,23)11-15(16)19)17(21)14-5-3-2-4-13(14)10-18/h2-5,15-16H,6-9,11-12H2,1H3/t15-,16+/m0/s1. The van der Waals surface area contributed by atoms with Crippen molar-refractivity contribution in [3.05, 3.63) is 35.4 Å². The topological polar surface area (TPSA) is 90.7 Å². The summed E-state index contributed by atoms with van der Waals surface area (Å²) in [6, 6.07) is 8.09. The van der Waals surface area contributed by atoms with Crippen molar-refractivity contribution >= 4 is 15.7 Å². The molecule has 8 heteroatoms. The molecule has 1 aromatic rings. The minimum absolute atomic E-state index is 0.0262. The normalized spacial score (nSPS) is 25.4. The number of amides is 1. The third kappa shape index (κ3) is 3.54. The van der Waals surface area contributed by atoms with Crippen LogP contribution in [0.2, 0.25) is 0 Å². The second-order valence-corrected chi connectivity index (χ2v) is 8.55. The molecule has 3 rings (SSSR count). The van der Waals surface area contributed by atoms with Crippen molar-refractivity contribution in [3.63, 3.8) is 0 Å². The number of methoxy groups -OCH3 is 1. The van der Waals surface area contributed by atoms with Crippen LogP contribution in [0, 0.1) is 11.3 Å². The van der Waals surface area contributed by atoms with Gasteiger partial charge < -0.3 is 9.64 Å². The number of hydrogen-bond donors (Lipinski definition) is 0. The summed E-state index contributed by atoms with van der Waals surface area (Å²) < 4.78 is 29.5. The zero-order chi connectivity index (χ0) is 18.0. The molecule has 0 aliphatic carbocycles. The van der Waals surface area contributed by atoms with E-state index in [2.05, 4.69) is 4.90 Å². The number of fused-ring (bicyclic) bond motifs is 1. The lowest BCUT2D eigenvalue weighted by molar-refractivity contribution is 0.0247. The number of hydrogen-bond acceptors (Lipinski definition) is 6. The van der Waals surface area contributed by atoms with Gasteiger partial charge in [-0.05, 0) is 12.1 Å². The highest BCUT2D eigenvalue weighted by Crippen LogP contribution is 2.28. The lowest BCUT2D eigenvalue weighted by Crippen LogP contribution is -2.61. The van der Waals surface area contributed by atoms with Crippen molar-refractivity contribution in [3.8, 4) is 6.07 Å². The molecule has 134 valence electrons. The largest absolute Gasteiger partial charge is 0.383 e. The van der Waals surface area contributed by atoms with Gasteiger partial charge in [0.05, 0.1) is 41.4 Å². The highest BCUT2D eigenvalue weighted by Gasteiger charge is 2.48. The minimum Gasteiger partial charge on any atom is -0.383 e. The molecule has 7 nitrogen and oxygen atoms in total. The number of carbonyl (C=O) groups is 1. The molecule has 0 radical (unpaired) electrons. The van der Waals surface area contributed by atoms with Crippen molar-refractivity contribution in [2.75, 3.05) is 44.9 Å². The summed E-state index contributed by atoms with van der Waals surface area (Å²) in [5.74, 6) is -0.234. The molecule has 0 N–H and O–H groups in total. The fourth-order valence-corrected chi connectivity index (χ4v) is 5.70. The Morgan fingerprint density at radius 3 is 2.72 bits per heavy atom. The zero-order valence-electron chi connectivity index (χ0n) is 14.1. The van der Waals surface area contributed by atoms with Gasteiger partial charge in [0.2, 0.25) is 0 Å². The number of rotatable bonds is 4. The molecule has 2 saturated heterocycles. The van der Waals surface area contributed by atoms with Gasteiger partial charge in [0.25, 0.3) is 5.91 Å². The lowest BCUT2D eigenvalue weighted by Gasteiger charge is -2.43. The van der Waals surface area contributed by atoms with Crippen LogP contribution in [0.4, 0.5) is 0 Å². The van der Waals surface area contributed by atoms with E-state index in [9.17, 15) is 18.5 Å². The molecule has 1 amide bonds. The summed E-state index contributed by atoms with van der Waals surface area (Å²) in [4.78, 5) is 16.7. The Bertz CT molecular complexity index is 802. The number of nitriles is 1. The van der Waals surface area contributed by atoms with Gasteiger partial charge in [-0.15, -0.1) is 0 Å². The van der Waals surface area contributed by atoms with Crippen LogP contribution in [-0.2, 0) is 14.6 Å². The van der Waals surface area contributed by atoms with E-state index in [1.54, 1.807) is 36.3 Å². The van der Waals surface area contributed by atoms with Crippen LogP contribution in [0.15, 0.2) is 24.3 Å². The summed E-state index contributed by atoms with van der Waals surface area (Å²) in [7, 11) is -1.58. The molecule has 0 aromatic heterocycles. The minimum atomic E-state index is -3.19. The highest BCUT2D eigenvalue weighted by atomic mass is 32.2. The lowest BCUT2D eigenvalue weighted by atomic mass is 10.0. The zero-order valence-corrected chi connectivity index (χ0v) is 14.9. The Hall–Kier alpha value is -1.95. The van der Waals surface area contributed by atoms with E-state index in [0.717, 1.165) is 0 Å². The highest BCUT2D eigenvalue weighted by molar-refractivity contribution is 7.91. The Balaban J connectivity index is 1.88. The first-order chi connectivity index (χ1) is 12.0. The second-order valence-electron chi connectivity index (χ2n) is 6.40. The monoisotopic (exact) mass is 363 g/mol.